The number of aromatic nitrogens is 3. The Bertz CT molecular complexity index is 1020. The lowest BCUT2D eigenvalue weighted by Crippen LogP contribution is -2.52. The van der Waals surface area contributed by atoms with E-state index in [1.165, 1.54) is 0 Å². The van der Waals surface area contributed by atoms with Crippen LogP contribution in [0.3, 0.4) is 0 Å². The smallest absolute Gasteiger partial charge is 0.276 e. The summed E-state index contributed by atoms with van der Waals surface area (Å²) < 4.78 is 10.9. The lowest BCUT2D eigenvalue weighted by atomic mass is 10.2. The number of guanidine groups is 1. The molecule has 176 valence electrons. The topological polar surface area (TPSA) is 91.9 Å². The zero-order valence-electron chi connectivity index (χ0n) is 19.0. The maximum absolute atomic E-state index is 5.52. The average molecular weight is 563 g/mol. The van der Waals surface area contributed by atoms with Crippen LogP contribution in [0.5, 0.6) is 5.75 Å². The second kappa shape index (κ2) is 12.4. The van der Waals surface area contributed by atoms with E-state index in [4.69, 9.17) is 14.3 Å². The summed E-state index contributed by atoms with van der Waals surface area (Å²) in [4.78, 5) is 18.1. The first-order valence-electron chi connectivity index (χ1n) is 10.9. The number of rotatable bonds is 7. The number of nitrogens with one attached hydrogen (secondary N) is 1. The second-order valence-corrected chi connectivity index (χ2v) is 7.36. The minimum Gasteiger partial charge on any atom is -0.495 e. The fourth-order valence-corrected chi connectivity index (χ4v) is 3.69. The number of hydrogen-bond donors (Lipinski definition) is 1. The number of ether oxygens (including phenoxy) is 1. The van der Waals surface area contributed by atoms with Crippen LogP contribution in [0.1, 0.15) is 12.7 Å². The van der Waals surface area contributed by atoms with Gasteiger partial charge in [-0.05, 0) is 31.2 Å². The summed E-state index contributed by atoms with van der Waals surface area (Å²) in [5, 5.41) is 7.47. The molecule has 0 amide bonds. The number of anilines is 1. The number of piperazine rings is 1. The van der Waals surface area contributed by atoms with Crippen molar-refractivity contribution in [1.82, 2.24) is 25.3 Å². The third kappa shape index (κ3) is 6.34. The Morgan fingerprint density at radius 3 is 2.64 bits per heavy atom. The summed E-state index contributed by atoms with van der Waals surface area (Å²) in [6.07, 6.45) is 2.31. The number of aliphatic imine (C=N–C) groups is 1. The SMILES string of the molecule is CCNC(=NCCc1noc(-c2ccccn2)n1)N1CCN(c2ccccc2OC)CC1.I. The van der Waals surface area contributed by atoms with Crippen molar-refractivity contribution >= 4 is 35.6 Å². The number of nitrogens with zero attached hydrogens (tertiary/aromatic N) is 6. The molecule has 3 heterocycles. The minimum absolute atomic E-state index is 0. The molecule has 1 fully saturated rings. The van der Waals surface area contributed by atoms with Crippen LogP contribution >= 0.6 is 24.0 Å². The van der Waals surface area contributed by atoms with Gasteiger partial charge in [0.2, 0.25) is 0 Å². The summed E-state index contributed by atoms with van der Waals surface area (Å²) in [6.45, 7) is 7.06. The maximum Gasteiger partial charge on any atom is 0.276 e. The van der Waals surface area contributed by atoms with Gasteiger partial charge in [-0.3, -0.25) is 9.98 Å². The first-order chi connectivity index (χ1) is 15.8. The molecule has 1 aliphatic heterocycles. The molecular formula is C23H30IN7O2. The van der Waals surface area contributed by atoms with Crippen molar-refractivity contribution in [2.75, 3.05) is 51.3 Å². The van der Waals surface area contributed by atoms with E-state index in [2.05, 4.69) is 43.2 Å². The van der Waals surface area contributed by atoms with Crippen molar-refractivity contribution in [3.05, 3.63) is 54.5 Å². The fraction of sp³-hybridized carbons (Fsp3) is 0.391. The fourth-order valence-electron chi connectivity index (χ4n) is 3.69. The molecule has 0 atom stereocenters. The monoisotopic (exact) mass is 563 g/mol. The quantitative estimate of drug-likeness (QED) is 0.267. The highest BCUT2D eigenvalue weighted by Crippen LogP contribution is 2.28. The van der Waals surface area contributed by atoms with Gasteiger partial charge in [-0.2, -0.15) is 4.98 Å². The van der Waals surface area contributed by atoms with E-state index in [0.29, 0.717) is 30.4 Å². The van der Waals surface area contributed by atoms with Gasteiger partial charge in [0.15, 0.2) is 11.8 Å². The van der Waals surface area contributed by atoms with Crippen molar-refractivity contribution in [3.8, 4) is 17.3 Å². The highest BCUT2D eigenvalue weighted by Gasteiger charge is 2.21. The average Bonchev–Trinajstić information content (AvgIpc) is 3.33. The van der Waals surface area contributed by atoms with E-state index >= 15 is 0 Å². The van der Waals surface area contributed by atoms with Gasteiger partial charge < -0.3 is 24.4 Å². The first-order valence-corrected chi connectivity index (χ1v) is 10.9. The van der Waals surface area contributed by atoms with Crippen molar-refractivity contribution in [2.24, 2.45) is 4.99 Å². The van der Waals surface area contributed by atoms with Crippen LogP contribution in [0.15, 0.2) is 58.2 Å². The van der Waals surface area contributed by atoms with Crippen molar-refractivity contribution in [2.45, 2.75) is 13.3 Å². The van der Waals surface area contributed by atoms with Crippen molar-refractivity contribution < 1.29 is 9.26 Å². The largest absolute Gasteiger partial charge is 0.495 e. The Labute approximate surface area is 211 Å². The van der Waals surface area contributed by atoms with Crippen LogP contribution in [0, 0.1) is 0 Å². The standard InChI is InChI=1S/C23H29N7O2.HI/c1-3-24-23(26-13-11-21-27-22(32-28-21)18-8-6-7-12-25-18)30-16-14-29(15-17-30)19-9-4-5-10-20(19)31-2;/h4-10,12H,3,11,13-17H2,1-2H3,(H,24,26);1H. The second-order valence-electron chi connectivity index (χ2n) is 7.36. The molecule has 0 saturated carbocycles. The van der Waals surface area contributed by atoms with E-state index in [-0.39, 0.29) is 24.0 Å². The van der Waals surface area contributed by atoms with Crippen LogP contribution in [-0.4, -0.2) is 72.4 Å². The predicted octanol–water partition coefficient (Wildman–Crippen LogP) is 3.09. The van der Waals surface area contributed by atoms with Gasteiger partial charge in [-0.15, -0.1) is 24.0 Å². The third-order valence-electron chi connectivity index (χ3n) is 5.29. The summed E-state index contributed by atoms with van der Waals surface area (Å²) in [6, 6.07) is 13.8. The lowest BCUT2D eigenvalue weighted by molar-refractivity contribution is 0.367. The molecule has 0 bridgehead atoms. The molecule has 1 saturated heterocycles. The van der Waals surface area contributed by atoms with Crippen LogP contribution in [0.25, 0.3) is 11.6 Å². The molecule has 0 radical (unpaired) electrons. The van der Waals surface area contributed by atoms with Gasteiger partial charge in [0.25, 0.3) is 5.89 Å². The molecule has 3 aromatic rings. The Balaban J connectivity index is 0.00000306. The van der Waals surface area contributed by atoms with Crippen LogP contribution < -0.4 is 15.0 Å². The van der Waals surface area contributed by atoms with E-state index in [1.807, 2.05) is 36.4 Å². The molecule has 33 heavy (non-hydrogen) atoms. The number of hydrogen-bond acceptors (Lipinski definition) is 7. The molecule has 10 heteroatoms. The normalized spacial score (nSPS) is 14.1. The molecule has 9 nitrogen and oxygen atoms in total. The zero-order chi connectivity index (χ0) is 22.2. The number of halogens is 1. The van der Waals surface area contributed by atoms with Crippen LogP contribution in [-0.2, 0) is 6.42 Å². The third-order valence-corrected chi connectivity index (χ3v) is 5.29. The summed E-state index contributed by atoms with van der Waals surface area (Å²) in [5.41, 5.74) is 1.81. The highest BCUT2D eigenvalue weighted by molar-refractivity contribution is 14.0. The van der Waals surface area contributed by atoms with Gasteiger partial charge >= 0.3 is 0 Å². The molecule has 4 rings (SSSR count). The Morgan fingerprint density at radius 1 is 1.12 bits per heavy atom. The van der Waals surface area contributed by atoms with Gasteiger partial charge in [-0.1, -0.05) is 23.4 Å². The molecule has 0 unspecified atom stereocenters. The molecular weight excluding hydrogens is 533 g/mol. The van der Waals surface area contributed by atoms with Gasteiger partial charge in [0.05, 0.1) is 12.8 Å². The van der Waals surface area contributed by atoms with E-state index in [1.54, 1.807) is 13.3 Å². The van der Waals surface area contributed by atoms with Gasteiger partial charge in [0, 0.05) is 51.9 Å². The maximum atomic E-state index is 5.52. The molecule has 1 aromatic carbocycles. The van der Waals surface area contributed by atoms with Crippen LogP contribution in [0.4, 0.5) is 5.69 Å². The van der Waals surface area contributed by atoms with Gasteiger partial charge in [0.1, 0.15) is 11.4 Å². The summed E-state index contributed by atoms with van der Waals surface area (Å²) in [7, 11) is 1.72. The van der Waals surface area contributed by atoms with Crippen molar-refractivity contribution in [3.63, 3.8) is 0 Å². The minimum atomic E-state index is 0. The van der Waals surface area contributed by atoms with E-state index < -0.39 is 0 Å². The van der Waals surface area contributed by atoms with E-state index in [0.717, 1.165) is 50.1 Å². The number of para-hydroxylation sites is 2. The summed E-state index contributed by atoms with van der Waals surface area (Å²) >= 11 is 0. The molecule has 0 spiro atoms. The number of benzene rings is 1. The van der Waals surface area contributed by atoms with Crippen molar-refractivity contribution in [1.29, 1.82) is 0 Å². The first kappa shape index (κ1) is 24.7. The Hall–Kier alpha value is -2.89. The van der Waals surface area contributed by atoms with Crippen LogP contribution in [0.2, 0.25) is 0 Å². The zero-order valence-corrected chi connectivity index (χ0v) is 21.3. The molecule has 2 aromatic heterocycles. The van der Waals surface area contributed by atoms with Gasteiger partial charge in [-0.25, -0.2) is 0 Å². The molecule has 1 N–H and O–H groups in total. The summed E-state index contributed by atoms with van der Waals surface area (Å²) in [5.74, 6) is 2.89. The number of methoxy groups -OCH3 is 1. The predicted molar refractivity (Wildman–Crippen MR) is 139 cm³/mol. The van der Waals surface area contributed by atoms with E-state index in [9.17, 15) is 0 Å². The number of pyridine rings is 1. The molecule has 0 aliphatic carbocycles. The Kier molecular flexibility index (Phi) is 9.28. The highest BCUT2D eigenvalue weighted by atomic mass is 127. The Morgan fingerprint density at radius 2 is 1.91 bits per heavy atom. The lowest BCUT2D eigenvalue weighted by Gasteiger charge is -2.38. The molecule has 1 aliphatic rings.